The van der Waals surface area contributed by atoms with Gasteiger partial charge in [-0.2, -0.15) is 0 Å². The first-order valence-electron chi connectivity index (χ1n) is 4.05. The number of anilines is 1. The van der Waals surface area contributed by atoms with Crippen molar-refractivity contribution in [2.45, 2.75) is 0 Å². The van der Waals surface area contributed by atoms with Gasteiger partial charge in [0.05, 0.1) is 17.8 Å². The Balaban J connectivity index is 2.13. The average Bonchev–Trinajstić information content (AvgIpc) is 2.58. The van der Waals surface area contributed by atoms with E-state index in [1.807, 2.05) is 24.3 Å². The van der Waals surface area contributed by atoms with Crippen molar-refractivity contribution >= 4 is 23.4 Å². The van der Waals surface area contributed by atoms with Gasteiger partial charge in [0.1, 0.15) is 5.75 Å². The maximum absolute atomic E-state index is 5.45. The number of nitrogens with one attached hydrogen (secondary N) is 1. The summed E-state index contributed by atoms with van der Waals surface area (Å²) in [5.41, 5.74) is 2.63. The van der Waals surface area contributed by atoms with Crippen LogP contribution in [0.2, 0.25) is 0 Å². The Morgan fingerprint density at radius 2 is 2.38 bits per heavy atom. The molecule has 1 aromatic carbocycles. The van der Waals surface area contributed by atoms with Crippen LogP contribution < -0.4 is 15.0 Å². The third-order valence-electron chi connectivity index (χ3n) is 1.95. The molecule has 68 valence electrons. The number of fused-ring (bicyclic) bond motifs is 1. The highest BCUT2D eigenvalue weighted by Crippen LogP contribution is 2.32. The minimum absolute atomic E-state index is 0.593. The second-order valence-corrected chi connectivity index (χ2v) is 3.00. The predicted octanol–water partition coefficient (Wildman–Crippen LogP) is 1.35. The third-order valence-corrected chi connectivity index (χ3v) is 2.11. The van der Waals surface area contributed by atoms with Crippen LogP contribution in [0.25, 0.3) is 0 Å². The number of ether oxygens (including phenoxy) is 1. The molecule has 0 saturated heterocycles. The van der Waals surface area contributed by atoms with Gasteiger partial charge in [0, 0.05) is 0 Å². The molecule has 0 amide bonds. The van der Waals surface area contributed by atoms with Crippen LogP contribution in [0, 0.1) is 0 Å². The standard InChI is InChI=1S/C9H10N2OS/c13-6-10-5-11-7-12-9-4-2-1-3-8(9)11/h1-4,6H,5,7H2,(H,10,13). The molecule has 1 aliphatic rings. The van der Waals surface area contributed by atoms with Gasteiger partial charge in [0.15, 0.2) is 6.73 Å². The van der Waals surface area contributed by atoms with Crippen molar-refractivity contribution < 1.29 is 4.74 Å². The van der Waals surface area contributed by atoms with Gasteiger partial charge in [-0.15, -0.1) is 0 Å². The number of benzene rings is 1. The summed E-state index contributed by atoms with van der Waals surface area (Å²) in [5.74, 6) is 0.939. The summed E-state index contributed by atoms with van der Waals surface area (Å²) in [6.07, 6.45) is 0. The Hall–Kier alpha value is -1.29. The lowest BCUT2D eigenvalue weighted by atomic mass is 10.3. The van der Waals surface area contributed by atoms with Gasteiger partial charge in [0.25, 0.3) is 0 Å². The highest BCUT2D eigenvalue weighted by Gasteiger charge is 2.18. The van der Waals surface area contributed by atoms with E-state index >= 15 is 0 Å². The third kappa shape index (κ3) is 1.58. The van der Waals surface area contributed by atoms with E-state index in [-0.39, 0.29) is 0 Å². The Morgan fingerprint density at radius 3 is 3.23 bits per heavy atom. The lowest BCUT2D eigenvalue weighted by Gasteiger charge is -2.15. The monoisotopic (exact) mass is 194 g/mol. The van der Waals surface area contributed by atoms with Gasteiger partial charge < -0.3 is 15.0 Å². The number of nitrogens with zero attached hydrogens (tertiary/aromatic N) is 1. The van der Waals surface area contributed by atoms with E-state index in [9.17, 15) is 0 Å². The first-order valence-corrected chi connectivity index (χ1v) is 4.53. The Labute approximate surface area is 82.3 Å². The fourth-order valence-electron chi connectivity index (χ4n) is 1.34. The highest BCUT2D eigenvalue weighted by atomic mass is 32.1. The van der Waals surface area contributed by atoms with E-state index in [0.29, 0.717) is 13.4 Å². The first-order chi connectivity index (χ1) is 6.42. The van der Waals surface area contributed by atoms with Gasteiger partial charge in [-0.3, -0.25) is 0 Å². The van der Waals surface area contributed by atoms with Crippen LogP contribution in [0.1, 0.15) is 0 Å². The van der Waals surface area contributed by atoms with E-state index < -0.39 is 0 Å². The minimum atomic E-state index is 0.593. The molecule has 0 aliphatic carbocycles. The molecule has 4 heteroatoms. The molecular formula is C9H10N2OS. The van der Waals surface area contributed by atoms with Crippen molar-refractivity contribution in [2.24, 2.45) is 0 Å². The van der Waals surface area contributed by atoms with Crippen molar-refractivity contribution in [3.05, 3.63) is 24.3 Å². The molecule has 0 bridgehead atoms. The molecule has 3 nitrogen and oxygen atoms in total. The van der Waals surface area contributed by atoms with Crippen molar-refractivity contribution in [1.29, 1.82) is 0 Å². The SMILES string of the molecule is S=CNCN1COc2ccccc21. The van der Waals surface area contributed by atoms with E-state index in [4.69, 9.17) is 4.74 Å². The van der Waals surface area contributed by atoms with Gasteiger partial charge >= 0.3 is 0 Å². The summed E-state index contributed by atoms with van der Waals surface area (Å²) in [7, 11) is 0. The lowest BCUT2D eigenvalue weighted by molar-refractivity contribution is 0.346. The zero-order valence-electron chi connectivity index (χ0n) is 7.06. The lowest BCUT2D eigenvalue weighted by Crippen LogP contribution is -2.32. The van der Waals surface area contributed by atoms with E-state index in [2.05, 4.69) is 22.4 Å². The number of rotatable bonds is 3. The smallest absolute Gasteiger partial charge is 0.163 e. The molecule has 1 aromatic rings. The van der Waals surface area contributed by atoms with Crippen LogP contribution >= 0.6 is 12.2 Å². The number of thiocarbonyl (C=S) groups is 1. The molecule has 13 heavy (non-hydrogen) atoms. The fraction of sp³-hybridized carbons (Fsp3) is 0.222. The summed E-state index contributed by atoms with van der Waals surface area (Å²) < 4.78 is 5.45. The summed E-state index contributed by atoms with van der Waals surface area (Å²) in [4.78, 5) is 2.08. The fourth-order valence-corrected chi connectivity index (χ4v) is 1.41. The second-order valence-electron chi connectivity index (χ2n) is 2.76. The highest BCUT2D eigenvalue weighted by molar-refractivity contribution is 7.78. The Bertz CT molecular complexity index is 316. The van der Waals surface area contributed by atoms with Gasteiger partial charge in [-0.25, -0.2) is 0 Å². The summed E-state index contributed by atoms with van der Waals surface area (Å²) in [5, 5.41) is 2.97. The van der Waals surface area contributed by atoms with Crippen LogP contribution in [0.3, 0.4) is 0 Å². The summed E-state index contributed by atoms with van der Waals surface area (Å²) in [6.45, 7) is 1.29. The van der Waals surface area contributed by atoms with Crippen LogP contribution in [-0.4, -0.2) is 18.9 Å². The second kappa shape index (κ2) is 3.62. The summed E-state index contributed by atoms with van der Waals surface area (Å²) >= 11 is 4.68. The van der Waals surface area contributed by atoms with Crippen molar-refractivity contribution in [2.75, 3.05) is 18.3 Å². The molecule has 2 rings (SSSR count). The van der Waals surface area contributed by atoms with E-state index in [0.717, 1.165) is 11.4 Å². The van der Waals surface area contributed by atoms with Crippen molar-refractivity contribution in [3.63, 3.8) is 0 Å². The molecule has 0 aromatic heterocycles. The van der Waals surface area contributed by atoms with Crippen LogP contribution in [0.5, 0.6) is 5.75 Å². The Morgan fingerprint density at radius 1 is 1.54 bits per heavy atom. The molecule has 0 spiro atoms. The van der Waals surface area contributed by atoms with Crippen molar-refractivity contribution in [3.8, 4) is 5.75 Å². The molecule has 0 fully saturated rings. The molecule has 1 N–H and O–H groups in total. The minimum Gasteiger partial charge on any atom is -0.471 e. The average molecular weight is 194 g/mol. The van der Waals surface area contributed by atoms with E-state index in [1.54, 1.807) is 0 Å². The molecule has 0 saturated carbocycles. The molecule has 1 heterocycles. The summed E-state index contributed by atoms with van der Waals surface area (Å²) in [6, 6.07) is 7.97. The molecular weight excluding hydrogens is 184 g/mol. The van der Waals surface area contributed by atoms with Crippen molar-refractivity contribution in [1.82, 2.24) is 5.32 Å². The molecule has 0 unspecified atom stereocenters. The van der Waals surface area contributed by atoms with Gasteiger partial charge in [-0.05, 0) is 12.1 Å². The predicted molar refractivity (Wildman–Crippen MR) is 56.1 cm³/mol. The maximum Gasteiger partial charge on any atom is 0.163 e. The van der Waals surface area contributed by atoms with Crippen LogP contribution in [0.15, 0.2) is 24.3 Å². The van der Waals surface area contributed by atoms with Crippen LogP contribution in [-0.2, 0) is 0 Å². The quantitative estimate of drug-likeness (QED) is 0.734. The molecule has 1 aliphatic heterocycles. The van der Waals surface area contributed by atoms with Gasteiger partial charge in [0.2, 0.25) is 0 Å². The largest absolute Gasteiger partial charge is 0.471 e. The first kappa shape index (κ1) is 8.31. The van der Waals surface area contributed by atoms with Gasteiger partial charge in [-0.1, -0.05) is 24.4 Å². The van der Waals surface area contributed by atoms with Crippen LogP contribution in [0.4, 0.5) is 5.69 Å². The Kier molecular flexibility index (Phi) is 2.31. The zero-order valence-corrected chi connectivity index (χ0v) is 7.88. The number of para-hydroxylation sites is 2. The number of hydrogen-bond donors (Lipinski definition) is 1. The molecule has 0 radical (unpaired) electrons. The maximum atomic E-state index is 5.45. The zero-order chi connectivity index (χ0) is 9.10. The molecule has 0 atom stereocenters. The normalized spacial score (nSPS) is 13.4. The van der Waals surface area contributed by atoms with E-state index in [1.165, 1.54) is 5.49 Å². The topological polar surface area (TPSA) is 24.5 Å². The number of hydrogen-bond acceptors (Lipinski definition) is 3.